The van der Waals surface area contributed by atoms with Crippen molar-refractivity contribution in [2.45, 2.75) is 121 Å². The van der Waals surface area contributed by atoms with Crippen molar-refractivity contribution >= 4 is 75.9 Å². The van der Waals surface area contributed by atoms with Crippen LogP contribution in [0.3, 0.4) is 0 Å². The lowest BCUT2D eigenvalue weighted by atomic mass is 9.93. The van der Waals surface area contributed by atoms with Gasteiger partial charge in [0.1, 0.15) is 31.1 Å². The van der Waals surface area contributed by atoms with Crippen molar-refractivity contribution in [3.05, 3.63) is 68.1 Å². The number of allylic oxidation sites excluding steroid dienone is 3. The summed E-state index contributed by atoms with van der Waals surface area (Å²) in [6.07, 6.45) is 13.6. The van der Waals surface area contributed by atoms with Gasteiger partial charge in [-0.05, 0) is 127 Å². The fourth-order valence-corrected chi connectivity index (χ4v) is 8.90. The molecule has 2 saturated carbocycles. The molecular formula is C42H44Cl2F2N4O8. The van der Waals surface area contributed by atoms with Gasteiger partial charge in [0.25, 0.3) is 23.6 Å². The Kier molecular flexibility index (Phi) is 12.9. The summed E-state index contributed by atoms with van der Waals surface area (Å²) in [5.41, 5.74) is 2.06. The van der Waals surface area contributed by atoms with Gasteiger partial charge in [-0.25, -0.2) is 18.6 Å². The number of aliphatic imine (C=N–C) groups is 1. The minimum atomic E-state index is -1.71. The maximum absolute atomic E-state index is 14.7. The molecular weight excluding hydrogens is 797 g/mol. The number of imide groups is 2. The van der Waals surface area contributed by atoms with Gasteiger partial charge in [0.15, 0.2) is 6.17 Å². The molecule has 0 aromatic heterocycles. The molecule has 12 nitrogen and oxygen atoms in total. The normalized spacial score (nSPS) is 23.2. The number of esters is 2. The van der Waals surface area contributed by atoms with E-state index in [1.165, 1.54) is 12.1 Å². The molecule has 0 saturated heterocycles. The number of carbonyl (C=O) groups is 6. The van der Waals surface area contributed by atoms with E-state index in [1.54, 1.807) is 0 Å². The van der Waals surface area contributed by atoms with Crippen molar-refractivity contribution in [1.29, 1.82) is 0 Å². The number of anilines is 2. The van der Waals surface area contributed by atoms with Crippen LogP contribution < -0.4 is 10.2 Å². The first kappa shape index (κ1) is 41.5. The second-order valence-electron chi connectivity index (χ2n) is 15.3. The van der Waals surface area contributed by atoms with Crippen LogP contribution >= 0.6 is 23.2 Å². The van der Waals surface area contributed by atoms with Gasteiger partial charge in [-0.3, -0.25) is 33.8 Å². The highest BCUT2D eigenvalue weighted by molar-refractivity contribution is 6.46. The Bertz CT molecular complexity index is 2030. The Hall–Kier alpha value is -4.69. The number of benzene rings is 1. The molecule has 308 valence electrons. The topological polar surface area (TPSA) is 152 Å². The summed E-state index contributed by atoms with van der Waals surface area (Å²) in [6.45, 7) is -0.398. The number of hydrogen-bond acceptors (Lipinski definition) is 10. The predicted molar refractivity (Wildman–Crippen MR) is 211 cm³/mol. The standard InChI is InChI=1S/2C21H22ClFN2O4/c2*22-15-9-16(23)18(25-20(27)13-7-3-4-8-14(13)21(25)28)10-17(15)24-11-19(26)29-12-5-1-2-6-12/h9-10,12,24H,1-8,11H2;9-10,12,16H,1-8,11H2/b;24-17-. The summed E-state index contributed by atoms with van der Waals surface area (Å²) in [5.74, 6) is -3.55. The molecule has 7 aliphatic rings. The van der Waals surface area contributed by atoms with Gasteiger partial charge in [-0.2, -0.15) is 0 Å². The quantitative estimate of drug-likeness (QED) is 0.196. The number of nitrogens with one attached hydrogen (secondary N) is 1. The Morgan fingerprint density at radius 3 is 1.72 bits per heavy atom. The number of carbonyl (C=O) groups excluding carboxylic acids is 6. The van der Waals surface area contributed by atoms with E-state index in [0.29, 0.717) is 48.0 Å². The lowest BCUT2D eigenvalue weighted by molar-refractivity contribution is -0.147. The number of hydrogen-bond donors (Lipinski definition) is 1. The van der Waals surface area contributed by atoms with E-state index < -0.39 is 47.6 Å². The van der Waals surface area contributed by atoms with Gasteiger partial charge >= 0.3 is 11.9 Å². The summed E-state index contributed by atoms with van der Waals surface area (Å²) >= 11 is 12.2. The van der Waals surface area contributed by atoms with E-state index in [4.69, 9.17) is 32.7 Å². The van der Waals surface area contributed by atoms with Crippen molar-refractivity contribution < 1.29 is 47.0 Å². The van der Waals surface area contributed by atoms with Crippen LogP contribution in [0, 0.1) is 5.82 Å². The second-order valence-corrected chi connectivity index (χ2v) is 16.2. The van der Waals surface area contributed by atoms with Crippen molar-refractivity contribution in [3.63, 3.8) is 0 Å². The van der Waals surface area contributed by atoms with Crippen LogP contribution in [0.4, 0.5) is 20.2 Å². The Labute approximate surface area is 344 Å². The Balaban J connectivity index is 0.000000177. The molecule has 1 N–H and O–H groups in total. The van der Waals surface area contributed by atoms with Crippen molar-refractivity contribution in [1.82, 2.24) is 4.90 Å². The molecule has 2 aliphatic heterocycles. The third-order valence-corrected chi connectivity index (χ3v) is 12.1. The van der Waals surface area contributed by atoms with Crippen LogP contribution in [0.5, 0.6) is 0 Å². The predicted octanol–water partition coefficient (Wildman–Crippen LogP) is 7.63. The average Bonchev–Trinajstić information content (AvgIpc) is 4.01. The Morgan fingerprint density at radius 2 is 1.21 bits per heavy atom. The van der Waals surface area contributed by atoms with Crippen molar-refractivity contribution in [2.75, 3.05) is 23.3 Å². The lowest BCUT2D eigenvalue weighted by Crippen LogP contribution is -2.36. The summed E-state index contributed by atoms with van der Waals surface area (Å²) < 4.78 is 40.0. The first-order valence-corrected chi connectivity index (χ1v) is 20.8. The summed E-state index contributed by atoms with van der Waals surface area (Å²) in [5, 5.41) is 2.92. The highest BCUT2D eigenvalue weighted by atomic mass is 35.5. The van der Waals surface area contributed by atoms with E-state index >= 15 is 0 Å². The highest BCUT2D eigenvalue weighted by Crippen LogP contribution is 2.40. The van der Waals surface area contributed by atoms with Crippen LogP contribution in [0.15, 0.2) is 62.3 Å². The van der Waals surface area contributed by atoms with E-state index in [0.717, 1.165) is 99.0 Å². The largest absolute Gasteiger partial charge is 0.461 e. The van der Waals surface area contributed by atoms with Crippen LogP contribution in [0.25, 0.3) is 0 Å². The zero-order valence-corrected chi connectivity index (χ0v) is 33.4. The van der Waals surface area contributed by atoms with E-state index in [1.807, 2.05) is 0 Å². The van der Waals surface area contributed by atoms with Crippen LogP contribution in [-0.4, -0.2) is 77.6 Å². The van der Waals surface area contributed by atoms with Gasteiger partial charge in [0.05, 0.1) is 32.8 Å². The molecule has 1 unspecified atom stereocenters. The van der Waals surface area contributed by atoms with Crippen molar-refractivity contribution in [2.24, 2.45) is 4.99 Å². The number of alkyl halides is 1. The molecule has 0 radical (unpaired) electrons. The third kappa shape index (κ3) is 8.83. The lowest BCUT2D eigenvalue weighted by Gasteiger charge is -2.24. The number of halogens is 4. The maximum Gasteiger partial charge on any atom is 0.327 e. The van der Waals surface area contributed by atoms with Gasteiger partial charge in [0, 0.05) is 22.3 Å². The molecule has 4 amide bonds. The summed E-state index contributed by atoms with van der Waals surface area (Å²) in [4.78, 5) is 80.8. The molecule has 1 aromatic carbocycles. The SMILES string of the molecule is O=C(C/N=C1/C=C(N2C(=O)C3=C(CCCC3)C2=O)C(F)C=C1Cl)OC1CCCC1.O=C(CNc1cc(N2C(=O)C3=C(CCCC3)C2=O)c(F)cc1Cl)OC1CCCC1. The fraction of sp³-hybridized carbons (Fsp3) is 0.500. The smallest absolute Gasteiger partial charge is 0.327 e. The molecule has 2 heterocycles. The molecule has 2 fully saturated rings. The molecule has 0 bridgehead atoms. The zero-order valence-electron chi connectivity index (χ0n) is 31.9. The third-order valence-electron chi connectivity index (χ3n) is 11.4. The average molecular weight is 842 g/mol. The van der Waals surface area contributed by atoms with Gasteiger partial charge in [0.2, 0.25) is 0 Å². The molecule has 5 aliphatic carbocycles. The maximum atomic E-state index is 14.7. The molecule has 1 aromatic rings. The number of nitrogens with zero attached hydrogens (tertiary/aromatic N) is 3. The van der Waals surface area contributed by atoms with E-state index in [-0.39, 0.29) is 58.1 Å². The summed E-state index contributed by atoms with van der Waals surface area (Å²) in [7, 11) is 0. The van der Waals surface area contributed by atoms with Gasteiger partial charge in [-0.1, -0.05) is 23.2 Å². The Morgan fingerprint density at radius 1 is 0.724 bits per heavy atom. The minimum absolute atomic E-state index is 0.0340. The molecule has 1 atom stereocenters. The molecule has 16 heteroatoms. The number of amides is 4. The van der Waals surface area contributed by atoms with Crippen LogP contribution in [-0.2, 0) is 38.2 Å². The molecule has 58 heavy (non-hydrogen) atoms. The van der Waals surface area contributed by atoms with Crippen LogP contribution in [0.2, 0.25) is 5.02 Å². The van der Waals surface area contributed by atoms with Gasteiger partial charge in [-0.15, -0.1) is 0 Å². The fourth-order valence-electron chi connectivity index (χ4n) is 8.45. The molecule has 0 spiro atoms. The van der Waals surface area contributed by atoms with Crippen LogP contribution in [0.1, 0.15) is 103 Å². The zero-order chi connectivity index (χ0) is 41.1. The van der Waals surface area contributed by atoms with Crippen molar-refractivity contribution in [3.8, 4) is 0 Å². The van der Waals surface area contributed by atoms with E-state index in [9.17, 15) is 37.5 Å². The summed E-state index contributed by atoms with van der Waals surface area (Å²) in [6, 6.07) is 2.34. The second kappa shape index (κ2) is 18.1. The first-order valence-electron chi connectivity index (χ1n) is 20.0. The van der Waals surface area contributed by atoms with Gasteiger partial charge < -0.3 is 14.8 Å². The highest BCUT2D eigenvalue weighted by Gasteiger charge is 2.44. The first-order chi connectivity index (χ1) is 27.9. The number of rotatable bonds is 9. The number of ether oxygens (including phenoxy) is 2. The van der Waals surface area contributed by atoms with E-state index in [2.05, 4.69) is 10.3 Å². The minimum Gasteiger partial charge on any atom is -0.461 e. The monoisotopic (exact) mass is 840 g/mol. The molecule has 8 rings (SSSR count).